The molecule has 0 amide bonds. The first-order valence-corrected chi connectivity index (χ1v) is 9.33. The zero-order valence-corrected chi connectivity index (χ0v) is 15.1. The number of esters is 1. The van der Waals surface area contributed by atoms with Gasteiger partial charge in [0, 0.05) is 5.92 Å². The molecule has 128 valence electrons. The van der Waals surface area contributed by atoms with E-state index >= 15 is 0 Å². The Kier molecular flexibility index (Phi) is 8.74. The van der Waals surface area contributed by atoms with Crippen molar-refractivity contribution in [1.82, 2.24) is 0 Å². The maximum Gasteiger partial charge on any atom is 0.340 e. The van der Waals surface area contributed by atoms with Crippen LogP contribution in [0.2, 0.25) is 0 Å². The minimum atomic E-state index is -0.681. The summed E-state index contributed by atoms with van der Waals surface area (Å²) in [5.41, 5.74) is -0.681. The third-order valence-corrected chi connectivity index (χ3v) is 4.50. The van der Waals surface area contributed by atoms with Gasteiger partial charge in [-0.15, -0.1) is 0 Å². The van der Waals surface area contributed by atoms with Gasteiger partial charge in [-0.1, -0.05) is 71.6 Å². The predicted molar refractivity (Wildman–Crippen MR) is 93.2 cm³/mol. The highest BCUT2D eigenvalue weighted by Crippen LogP contribution is 2.28. The summed E-state index contributed by atoms with van der Waals surface area (Å²) in [6.45, 7) is 8.16. The average Bonchev–Trinajstić information content (AvgIpc) is 2.74. The van der Waals surface area contributed by atoms with E-state index in [2.05, 4.69) is 18.8 Å². The predicted octanol–water partition coefficient (Wildman–Crippen LogP) is 5.67. The molecular weight excluding hydrogens is 274 g/mol. The summed E-state index contributed by atoms with van der Waals surface area (Å²) in [7, 11) is 0. The van der Waals surface area contributed by atoms with Crippen LogP contribution in [0.15, 0.2) is 4.99 Å². The molecule has 0 saturated carbocycles. The SMILES string of the molecule is CCCCCCCC(CCCCCC)C1=NC(C)(C)C(=O)O1. The van der Waals surface area contributed by atoms with Gasteiger partial charge in [-0.3, -0.25) is 0 Å². The van der Waals surface area contributed by atoms with Gasteiger partial charge in [0.15, 0.2) is 11.4 Å². The van der Waals surface area contributed by atoms with Crippen LogP contribution in [-0.4, -0.2) is 17.4 Å². The van der Waals surface area contributed by atoms with Gasteiger partial charge in [0.25, 0.3) is 0 Å². The normalized spacial score (nSPS) is 18.2. The highest BCUT2D eigenvalue weighted by molar-refractivity contribution is 6.00. The Morgan fingerprint density at radius 2 is 1.41 bits per heavy atom. The van der Waals surface area contributed by atoms with Gasteiger partial charge < -0.3 is 4.74 Å². The van der Waals surface area contributed by atoms with E-state index in [-0.39, 0.29) is 5.97 Å². The topological polar surface area (TPSA) is 38.7 Å². The fraction of sp³-hybridized carbons (Fsp3) is 0.895. The Bertz CT molecular complexity index is 360. The number of carbonyl (C=O) groups excluding carboxylic acids is 1. The first-order chi connectivity index (χ1) is 10.5. The first kappa shape index (κ1) is 19.2. The number of ether oxygens (including phenoxy) is 1. The standard InChI is InChI=1S/C19H35NO2/c1-5-7-9-11-13-15-16(14-12-10-8-6-2)17-20-19(3,4)18(21)22-17/h16H,5-15H2,1-4H3. The van der Waals surface area contributed by atoms with Crippen LogP contribution in [0.1, 0.15) is 98.3 Å². The van der Waals surface area contributed by atoms with Crippen LogP contribution in [0.3, 0.4) is 0 Å². The maximum atomic E-state index is 11.9. The van der Waals surface area contributed by atoms with Crippen molar-refractivity contribution in [2.24, 2.45) is 10.9 Å². The van der Waals surface area contributed by atoms with E-state index in [9.17, 15) is 4.79 Å². The molecule has 0 aromatic rings. The molecule has 22 heavy (non-hydrogen) atoms. The van der Waals surface area contributed by atoms with E-state index in [0.717, 1.165) is 12.8 Å². The van der Waals surface area contributed by atoms with Crippen molar-refractivity contribution in [3.05, 3.63) is 0 Å². The molecule has 0 radical (unpaired) electrons. The zero-order chi connectivity index (χ0) is 16.4. The molecule has 0 bridgehead atoms. The van der Waals surface area contributed by atoms with Crippen molar-refractivity contribution < 1.29 is 9.53 Å². The van der Waals surface area contributed by atoms with Gasteiger partial charge in [0.2, 0.25) is 0 Å². The van der Waals surface area contributed by atoms with Gasteiger partial charge >= 0.3 is 5.97 Å². The number of aliphatic imine (C=N–C) groups is 1. The second kappa shape index (κ2) is 10.0. The quantitative estimate of drug-likeness (QED) is 0.344. The summed E-state index contributed by atoms with van der Waals surface area (Å²) < 4.78 is 5.49. The number of nitrogens with zero attached hydrogens (tertiary/aromatic N) is 1. The lowest BCUT2D eigenvalue weighted by Gasteiger charge is -2.15. The van der Waals surface area contributed by atoms with Crippen molar-refractivity contribution in [2.75, 3.05) is 0 Å². The second-order valence-corrected chi connectivity index (χ2v) is 7.15. The monoisotopic (exact) mass is 309 g/mol. The number of unbranched alkanes of at least 4 members (excludes halogenated alkanes) is 7. The van der Waals surface area contributed by atoms with Crippen LogP contribution in [0.5, 0.6) is 0 Å². The minimum Gasteiger partial charge on any atom is -0.410 e. The van der Waals surface area contributed by atoms with Gasteiger partial charge in [-0.2, -0.15) is 0 Å². The lowest BCUT2D eigenvalue weighted by Crippen LogP contribution is -2.25. The fourth-order valence-corrected chi connectivity index (χ4v) is 2.94. The largest absolute Gasteiger partial charge is 0.410 e. The molecule has 3 heteroatoms. The van der Waals surface area contributed by atoms with Gasteiger partial charge in [-0.25, -0.2) is 9.79 Å². The van der Waals surface area contributed by atoms with Crippen LogP contribution in [-0.2, 0) is 9.53 Å². The number of rotatable bonds is 12. The molecule has 0 saturated heterocycles. The minimum absolute atomic E-state index is 0.188. The van der Waals surface area contributed by atoms with E-state index in [1.54, 1.807) is 0 Å². The van der Waals surface area contributed by atoms with Crippen LogP contribution < -0.4 is 0 Å². The molecular formula is C19H35NO2. The Hall–Kier alpha value is -0.860. The third kappa shape index (κ3) is 6.50. The van der Waals surface area contributed by atoms with Crippen LogP contribution in [0.25, 0.3) is 0 Å². The van der Waals surface area contributed by atoms with E-state index in [1.807, 2.05) is 13.8 Å². The lowest BCUT2D eigenvalue weighted by atomic mass is 9.94. The molecule has 1 atom stereocenters. The summed E-state index contributed by atoms with van der Waals surface area (Å²) in [6, 6.07) is 0. The van der Waals surface area contributed by atoms with Gasteiger partial charge in [-0.05, 0) is 26.7 Å². The summed E-state index contributed by atoms with van der Waals surface area (Å²) >= 11 is 0. The third-order valence-electron chi connectivity index (χ3n) is 4.50. The van der Waals surface area contributed by atoms with E-state index < -0.39 is 5.54 Å². The highest BCUT2D eigenvalue weighted by atomic mass is 16.6. The highest BCUT2D eigenvalue weighted by Gasteiger charge is 2.39. The smallest absolute Gasteiger partial charge is 0.340 e. The summed E-state index contributed by atoms with van der Waals surface area (Å²) in [4.78, 5) is 16.4. The van der Waals surface area contributed by atoms with Crippen molar-refractivity contribution in [2.45, 2.75) is 104 Å². The summed E-state index contributed by atoms with van der Waals surface area (Å²) in [5, 5.41) is 0. The van der Waals surface area contributed by atoms with E-state index in [0.29, 0.717) is 11.8 Å². The van der Waals surface area contributed by atoms with Gasteiger partial charge in [0.05, 0.1) is 0 Å². The van der Waals surface area contributed by atoms with Crippen molar-refractivity contribution in [3.8, 4) is 0 Å². The lowest BCUT2D eigenvalue weighted by molar-refractivity contribution is -0.138. The molecule has 1 heterocycles. The Morgan fingerprint density at radius 1 is 0.909 bits per heavy atom. The Morgan fingerprint density at radius 3 is 1.86 bits per heavy atom. The van der Waals surface area contributed by atoms with Crippen LogP contribution in [0.4, 0.5) is 0 Å². The molecule has 1 aliphatic heterocycles. The Balaban J connectivity index is 2.49. The van der Waals surface area contributed by atoms with Crippen LogP contribution in [0, 0.1) is 5.92 Å². The molecule has 0 spiro atoms. The molecule has 0 aromatic heterocycles. The molecule has 0 N–H and O–H groups in total. The number of cyclic esters (lactones) is 1. The maximum absolute atomic E-state index is 11.9. The van der Waals surface area contributed by atoms with Crippen LogP contribution >= 0.6 is 0 Å². The van der Waals surface area contributed by atoms with E-state index in [1.165, 1.54) is 57.8 Å². The van der Waals surface area contributed by atoms with Crippen molar-refractivity contribution in [3.63, 3.8) is 0 Å². The average molecular weight is 309 g/mol. The number of carbonyl (C=O) groups is 1. The van der Waals surface area contributed by atoms with E-state index in [4.69, 9.17) is 4.74 Å². The molecule has 0 aromatic carbocycles. The van der Waals surface area contributed by atoms with Crippen molar-refractivity contribution in [1.29, 1.82) is 0 Å². The molecule has 0 aliphatic carbocycles. The van der Waals surface area contributed by atoms with Crippen molar-refractivity contribution >= 4 is 11.9 Å². The molecule has 1 unspecified atom stereocenters. The number of hydrogen-bond donors (Lipinski definition) is 0. The fourth-order valence-electron chi connectivity index (χ4n) is 2.94. The second-order valence-electron chi connectivity index (χ2n) is 7.15. The molecule has 3 nitrogen and oxygen atoms in total. The summed E-state index contributed by atoms with van der Waals surface area (Å²) in [5.74, 6) is 0.859. The molecule has 1 aliphatic rings. The number of hydrogen-bond acceptors (Lipinski definition) is 3. The summed E-state index contributed by atoms with van der Waals surface area (Å²) in [6.07, 6.45) is 13.7. The molecule has 1 rings (SSSR count). The molecule has 0 fully saturated rings. The van der Waals surface area contributed by atoms with Gasteiger partial charge in [0.1, 0.15) is 0 Å². The Labute approximate surface area is 136 Å². The first-order valence-electron chi connectivity index (χ1n) is 9.33. The zero-order valence-electron chi connectivity index (χ0n) is 15.1.